The van der Waals surface area contributed by atoms with Crippen LogP contribution in [0.1, 0.15) is 32.1 Å². The summed E-state index contributed by atoms with van der Waals surface area (Å²) in [5.41, 5.74) is 1.05. The summed E-state index contributed by atoms with van der Waals surface area (Å²) in [5, 5.41) is 3.40. The van der Waals surface area contributed by atoms with Crippen LogP contribution in [-0.2, 0) is 4.74 Å². The van der Waals surface area contributed by atoms with Gasteiger partial charge in [-0.25, -0.2) is 0 Å². The van der Waals surface area contributed by atoms with Crippen LogP contribution < -0.4 is 5.32 Å². The lowest BCUT2D eigenvalue weighted by Gasteiger charge is -2.14. The molecule has 0 radical (unpaired) electrons. The topological polar surface area (TPSA) is 34.4 Å². The van der Waals surface area contributed by atoms with E-state index in [1.165, 1.54) is 0 Å². The van der Waals surface area contributed by atoms with E-state index in [0.29, 0.717) is 13.2 Å². The van der Waals surface area contributed by atoms with E-state index in [0.717, 1.165) is 24.3 Å². The molecule has 1 rings (SSSR count). The molecule has 3 heteroatoms. The molecule has 90 valence electrons. The van der Waals surface area contributed by atoms with Crippen LogP contribution in [-0.4, -0.2) is 19.8 Å². The zero-order chi connectivity index (χ0) is 11.8. The molecule has 3 nitrogen and oxygen atoms in total. The Kier molecular flexibility index (Phi) is 5.90. The lowest BCUT2D eigenvalue weighted by Crippen LogP contribution is -2.24. The largest absolute Gasteiger partial charge is 0.468 e. The van der Waals surface area contributed by atoms with Crippen LogP contribution in [0.25, 0.3) is 0 Å². The molecule has 1 aromatic rings. The standard InChI is InChI=1S/C13H21NO2/c1-4-12(13-6-5-8-16-13)14-7-9-15-10-11(2)3/h5-6,8,12,14H,2,4,7,9-10H2,1,3H3. The monoisotopic (exact) mass is 223 g/mol. The SMILES string of the molecule is C=C(C)COCCNC(CC)c1ccco1. The molecule has 0 bridgehead atoms. The Hall–Kier alpha value is -1.06. The minimum absolute atomic E-state index is 0.281. The molecule has 0 aromatic carbocycles. The molecule has 0 aliphatic carbocycles. The second kappa shape index (κ2) is 7.25. The minimum atomic E-state index is 0.281. The van der Waals surface area contributed by atoms with E-state index < -0.39 is 0 Å². The highest BCUT2D eigenvalue weighted by Gasteiger charge is 2.10. The molecule has 0 aliphatic rings. The van der Waals surface area contributed by atoms with Gasteiger partial charge in [0.25, 0.3) is 0 Å². The molecule has 1 N–H and O–H groups in total. The zero-order valence-corrected chi connectivity index (χ0v) is 10.2. The quantitative estimate of drug-likeness (QED) is 0.543. The third-order valence-electron chi connectivity index (χ3n) is 2.28. The summed E-state index contributed by atoms with van der Waals surface area (Å²) in [6, 6.07) is 4.19. The Morgan fingerprint density at radius 2 is 2.44 bits per heavy atom. The van der Waals surface area contributed by atoms with Gasteiger partial charge >= 0.3 is 0 Å². The first-order chi connectivity index (χ1) is 7.74. The molecule has 0 fully saturated rings. The lowest BCUT2D eigenvalue weighted by molar-refractivity contribution is 0.154. The summed E-state index contributed by atoms with van der Waals surface area (Å²) < 4.78 is 10.8. The van der Waals surface area contributed by atoms with E-state index in [9.17, 15) is 0 Å². The molecule has 0 aliphatic heterocycles. The number of nitrogens with one attached hydrogen (secondary N) is 1. The average Bonchev–Trinajstić information content (AvgIpc) is 2.76. The van der Waals surface area contributed by atoms with Crippen LogP contribution in [0.4, 0.5) is 0 Å². The van der Waals surface area contributed by atoms with Crippen molar-refractivity contribution in [1.29, 1.82) is 0 Å². The lowest BCUT2D eigenvalue weighted by atomic mass is 10.2. The van der Waals surface area contributed by atoms with Crippen molar-refractivity contribution in [3.63, 3.8) is 0 Å². The highest BCUT2D eigenvalue weighted by molar-refractivity contribution is 5.03. The molecular formula is C13H21NO2. The van der Waals surface area contributed by atoms with Crippen LogP contribution in [0.3, 0.4) is 0 Å². The zero-order valence-electron chi connectivity index (χ0n) is 10.2. The van der Waals surface area contributed by atoms with Gasteiger partial charge in [0.2, 0.25) is 0 Å². The molecule has 1 unspecified atom stereocenters. The van der Waals surface area contributed by atoms with Gasteiger partial charge in [-0.15, -0.1) is 0 Å². The summed E-state index contributed by atoms with van der Waals surface area (Å²) in [6.07, 6.45) is 2.71. The molecule has 1 aromatic heterocycles. The normalized spacial score (nSPS) is 12.6. The van der Waals surface area contributed by atoms with E-state index in [-0.39, 0.29) is 6.04 Å². The number of hydrogen-bond donors (Lipinski definition) is 1. The Labute approximate surface area is 97.5 Å². The fourth-order valence-electron chi connectivity index (χ4n) is 1.49. The van der Waals surface area contributed by atoms with Crippen molar-refractivity contribution < 1.29 is 9.15 Å². The Morgan fingerprint density at radius 1 is 1.62 bits per heavy atom. The molecule has 0 amide bonds. The third kappa shape index (κ3) is 4.64. The van der Waals surface area contributed by atoms with Crippen LogP contribution >= 0.6 is 0 Å². The number of rotatable bonds is 8. The highest BCUT2D eigenvalue weighted by atomic mass is 16.5. The summed E-state index contributed by atoms with van der Waals surface area (Å²) in [7, 11) is 0. The second-order valence-electron chi connectivity index (χ2n) is 3.94. The fraction of sp³-hybridized carbons (Fsp3) is 0.538. The van der Waals surface area contributed by atoms with Crippen LogP contribution in [0, 0.1) is 0 Å². The average molecular weight is 223 g/mol. The Balaban J connectivity index is 2.18. The highest BCUT2D eigenvalue weighted by Crippen LogP contribution is 2.16. The van der Waals surface area contributed by atoms with Gasteiger partial charge in [-0.3, -0.25) is 0 Å². The first-order valence-electron chi connectivity index (χ1n) is 5.73. The predicted octanol–water partition coefficient (Wildman–Crippen LogP) is 2.91. The van der Waals surface area contributed by atoms with Crippen molar-refractivity contribution in [1.82, 2.24) is 5.32 Å². The van der Waals surface area contributed by atoms with E-state index in [2.05, 4.69) is 18.8 Å². The van der Waals surface area contributed by atoms with Crippen LogP contribution in [0.15, 0.2) is 35.0 Å². The smallest absolute Gasteiger partial charge is 0.120 e. The second-order valence-corrected chi connectivity index (χ2v) is 3.94. The molecule has 0 spiro atoms. The van der Waals surface area contributed by atoms with Gasteiger partial charge in [-0.1, -0.05) is 19.1 Å². The van der Waals surface area contributed by atoms with Gasteiger partial charge in [0.1, 0.15) is 5.76 Å². The van der Waals surface area contributed by atoms with Gasteiger partial charge in [0.15, 0.2) is 0 Å². The predicted molar refractivity (Wildman–Crippen MR) is 65.4 cm³/mol. The number of furan rings is 1. The van der Waals surface area contributed by atoms with E-state index in [4.69, 9.17) is 9.15 Å². The van der Waals surface area contributed by atoms with Crippen molar-refractivity contribution in [2.45, 2.75) is 26.3 Å². The maximum atomic E-state index is 5.41. The molecule has 0 saturated carbocycles. The van der Waals surface area contributed by atoms with Gasteiger partial charge < -0.3 is 14.5 Å². The van der Waals surface area contributed by atoms with E-state index >= 15 is 0 Å². The molecular weight excluding hydrogens is 202 g/mol. The molecule has 16 heavy (non-hydrogen) atoms. The Bertz CT molecular complexity index is 293. The van der Waals surface area contributed by atoms with E-state index in [1.807, 2.05) is 19.1 Å². The number of hydrogen-bond acceptors (Lipinski definition) is 3. The fourth-order valence-corrected chi connectivity index (χ4v) is 1.49. The van der Waals surface area contributed by atoms with Crippen molar-refractivity contribution in [3.8, 4) is 0 Å². The summed E-state index contributed by atoms with van der Waals surface area (Å²) >= 11 is 0. The summed E-state index contributed by atoms with van der Waals surface area (Å²) in [6.45, 7) is 10.0. The first-order valence-corrected chi connectivity index (χ1v) is 5.73. The van der Waals surface area contributed by atoms with Gasteiger partial charge in [0, 0.05) is 6.54 Å². The molecule has 1 atom stereocenters. The first kappa shape index (κ1) is 13.0. The van der Waals surface area contributed by atoms with Crippen molar-refractivity contribution in [2.75, 3.05) is 19.8 Å². The maximum absolute atomic E-state index is 5.41. The van der Waals surface area contributed by atoms with Gasteiger partial charge in [0.05, 0.1) is 25.5 Å². The number of ether oxygens (including phenoxy) is 1. The third-order valence-corrected chi connectivity index (χ3v) is 2.28. The molecule has 1 heterocycles. The minimum Gasteiger partial charge on any atom is -0.468 e. The van der Waals surface area contributed by atoms with Crippen LogP contribution in [0.5, 0.6) is 0 Å². The van der Waals surface area contributed by atoms with Crippen molar-refractivity contribution in [2.24, 2.45) is 0 Å². The van der Waals surface area contributed by atoms with Crippen LogP contribution in [0.2, 0.25) is 0 Å². The maximum Gasteiger partial charge on any atom is 0.120 e. The molecule has 0 saturated heterocycles. The van der Waals surface area contributed by atoms with E-state index in [1.54, 1.807) is 6.26 Å². The van der Waals surface area contributed by atoms with Gasteiger partial charge in [-0.05, 0) is 25.5 Å². The van der Waals surface area contributed by atoms with Gasteiger partial charge in [-0.2, -0.15) is 0 Å². The van der Waals surface area contributed by atoms with Crippen molar-refractivity contribution >= 4 is 0 Å². The summed E-state index contributed by atoms with van der Waals surface area (Å²) in [4.78, 5) is 0. The Morgan fingerprint density at radius 3 is 3.00 bits per heavy atom. The summed E-state index contributed by atoms with van der Waals surface area (Å²) in [5.74, 6) is 0.988. The van der Waals surface area contributed by atoms with Crippen molar-refractivity contribution in [3.05, 3.63) is 36.3 Å².